The van der Waals surface area contributed by atoms with Gasteiger partial charge in [-0.25, -0.2) is 14.8 Å². The minimum absolute atomic E-state index is 0.00895. The molecule has 224 valence electrons. The zero-order valence-electron chi connectivity index (χ0n) is 23.2. The van der Waals surface area contributed by atoms with E-state index in [4.69, 9.17) is 21.1 Å². The minimum Gasteiger partial charge on any atom is -0.467 e. The van der Waals surface area contributed by atoms with Crippen molar-refractivity contribution in [3.8, 4) is 34.2 Å². The molecule has 0 unspecified atom stereocenters. The van der Waals surface area contributed by atoms with Crippen molar-refractivity contribution >= 4 is 52.4 Å². The molecule has 0 bridgehead atoms. The number of amides is 3. The van der Waals surface area contributed by atoms with Crippen molar-refractivity contribution in [1.29, 1.82) is 5.26 Å². The Balaban J connectivity index is 1.59. The fraction of sp³-hybridized carbons (Fsp3) is 0.200. The van der Waals surface area contributed by atoms with Gasteiger partial charge in [0.15, 0.2) is 17.6 Å². The van der Waals surface area contributed by atoms with Gasteiger partial charge in [-0.05, 0) is 54.8 Å². The molecule has 0 saturated carbocycles. The summed E-state index contributed by atoms with van der Waals surface area (Å²) in [6, 6.07) is 14.7. The van der Waals surface area contributed by atoms with Crippen molar-refractivity contribution in [2.45, 2.75) is 18.9 Å². The van der Waals surface area contributed by atoms with Crippen LogP contribution in [0.2, 0.25) is 5.02 Å². The lowest BCUT2D eigenvalue weighted by atomic mass is 9.97. The lowest BCUT2D eigenvalue weighted by Gasteiger charge is -2.21. The van der Waals surface area contributed by atoms with E-state index in [2.05, 4.69) is 26.7 Å². The number of thiazole rings is 1. The molecule has 1 saturated heterocycles. The Hall–Kier alpha value is -5.03. The molecule has 0 aliphatic carbocycles. The second-order valence-corrected chi connectivity index (χ2v) is 10.9. The van der Waals surface area contributed by atoms with Gasteiger partial charge in [-0.15, -0.1) is 11.3 Å². The van der Waals surface area contributed by atoms with Crippen LogP contribution in [0, 0.1) is 11.3 Å². The maximum absolute atomic E-state index is 13.0. The van der Waals surface area contributed by atoms with Crippen molar-refractivity contribution in [3.05, 3.63) is 75.7 Å². The fourth-order valence-electron chi connectivity index (χ4n) is 4.82. The molecule has 12 nitrogen and oxygen atoms in total. The molecule has 5 rings (SSSR count). The third-order valence-corrected chi connectivity index (χ3v) is 7.79. The van der Waals surface area contributed by atoms with Crippen LogP contribution in [0.1, 0.15) is 28.2 Å². The van der Waals surface area contributed by atoms with Gasteiger partial charge in [-0.2, -0.15) is 5.26 Å². The van der Waals surface area contributed by atoms with E-state index in [0.717, 1.165) is 16.2 Å². The van der Waals surface area contributed by atoms with Gasteiger partial charge in [0.25, 0.3) is 5.91 Å². The van der Waals surface area contributed by atoms with Gasteiger partial charge in [0.2, 0.25) is 5.91 Å². The number of carbonyl (C=O) groups excluding carboxylic acids is 2. The Labute approximate surface area is 260 Å². The summed E-state index contributed by atoms with van der Waals surface area (Å²) >= 11 is 7.37. The maximum Gasteiger partial charge on any atom is 0.407 e. The number of nitrogens with one attached hydrogen (secondary N) is 2. The third kappa shape index (κ3) is 6.63. The molecule has 3 amide bonds. The van der Waals surface area contributed by atoms with Crippen LogP contribution in [-0.4, -0.2) is 64.4 Å². The summed E-state index contributed by atoms with van der Waals surface area (Å²) in [5.41, 5.74) is 2.28. The first-order valence-electron chi connectivity index (χ1n) is 13.3. The SMILES string of the molecule is COCOc1cc(Cl)ccc1-c1cc(-c2cccc(NC(=O)[C@H]3CCCN3C(=O)O)c2)c(C#N)c(NC(=O)c2nccs2)n1. The summed E-state index contributed by atoms with van der Waals surface area (Å²) in [7, 11) is 1.48. The molecule has 14 heteroatoms. The number of carbonyl (C=O) groups is 3. The Kier molecular flexibility index (Phi) is 9.35. The summed E-state index contributed by atoms with van der Waals surface area (Å²) in [6.07, 6.45) is 1.35. The number of benzene rings is 2. The lowest BCUT2D eigenvalue weighted by Crippen LogP contribution is -2.42. The van der Waals surface area contributed by atoms with Gasteiger partial charge in [-0.3, -0.25) is 14.5 Å². The van der Waals surface area contributed by atoms with Crippen LogP contribution in [0.15, 0.2) is 60.1 Å². The van der Waals surface area contributed by atoms with Crippen LogP contribution in [0.3, 0.4) is 0 Å². The molecule has 1 aliphatic rings. The predicted molar refractivity (Wildman–Crippen MR) is 164 cm³/mol. The van der Waals surface area contributed by atoms with Gasteiger partial charge >= 0.3 is 6.09 Å². The largest absolute Gasteiger partial charge is 0.467 e. The number of nitriles is 1. The topological polar surface area (TPSA) is 167 Å². The van der Waals surface area contributed by atoms with Crippen LogP contribution in [0.5, 0.6) is 5.75 Å². The number of likely N-dealkylation sites (tertiary alicyclic amines) is 1. The number of ether oxygens (including phenoxy) is 2. The highest BCUT2D eigenvalue weighted by atomic mass is 35.5. The predicted octanol–water partition coefficient (Wildman–Crippen LogP) is 5.71. The van der Waals surface area contributed by atoms with Gasteiger partial charge < -0.3 is 25.2 Å². The van der Waals surface area contributed by atoms with Crippen molar-refractivity contribution in [1.82, 2.24) is 14.9 Å². The second kappa shape index (κ2) is 13.5. The molecule has 3 heterocycles. The number of pyridine rings is 1. The van der Waals surface area contributed by atoms with E-state index in [1.807, 2.05) is 0 Å². The molecular formula is C30H25ClN6O6S. The molecule has 2 aromatic heterocycles. The number of rotatable bonds is 9. The normalized spacial score (nSPS) is 14.1. The highest BCUT2D eigenvalue weighted by Gasteiger charge is 2.34. The average Bonchev–Trinajstić information content (AvgIpc) is 3.73. The summed E-state index contributed by atoms with van der Waals surface area (Å²) in [4.78, 5) is 47.4. The number of halogens is 1. The standard InChI is InChI=1S/C30H25ClN6O6S/c1-42-16-43-25-13-18(31)7-8-20(25)23-14-21(22(15-32)26(35-23)36-28(39)29-33-9-11-44-29)17-4-2-5-19(12-17)34-27(38)24-6-3-10-37(24)30(40)41/h2,4-5,7-9,11-14,24H,3,6,10,16H2,1H3,(H,34,38)(H,40,41)(H,35,36,39)/t24-/m1/s1. The van der Waals surface area contributed by atoms with Crippen LogP contribution in [-0.2, 0) is 9.53 Å². The van der Waals surface area contributed by atoms with Gasteiger partial charge in [0.1, 0.15) is 23.4 Å². The Morgan fingerprint density at radius 3 is 2.75 bits per heavy atom. The number of carboxylic acid groups (broad SMARTS) is 1. The first-order chi connectivity index (χ1) is 21.3. The summed E-state index contributed by atoms with van der Waals surface area (Å²) < 4.78 is 10.8. The zero-order chi connectivity index (χ0) is 31.2. The van der Waals surface area contributed by atoms with Crippen molar-refractivity contribution in [3.63, 3.8) is 0 Å². The Morgan fingerprint density at radius 1 is 1.18 bits per heavy atom. The Bertz CT molecular complexity index is 1760. The third-order valence-electron chi connectivity index (χ3n) is 6.78. The van der Waals surface area contributed by atoms with E-state index in [9.17, 15) is 24.8 Å². The molecule has 4 aromatic rings. The van der Waals surface area contributed by atoms with E-state index >= 15 is 0 Å². The first kappa shape index (κ1) is 30.4. The van der Waals surface area contributed by atoms with Crippen molar-refractivity contribution in [2.75, 3.05) is 31.1 Å². The van der Waals surface area contributed by atoms with E-state index in [0.29, 0.717) is 51.7 Å². The van der Waals surface area contributed by atoms with Crippen LogP contribution < -0.4 is 15.4 Å². The van der Waals surface area contributed by atoms with E-state index in [-0.39, 0.29) is 29.7 Å². The minimum atomic E-state index is -1.15. The van der Waals surface area contributed by atoms with Crippen molar-refractivity contribution < 1.29 is 29.0 Å². The van der Waals surface area contributed by atoms with Crippen LogP contribution in [0.25, 0.3) is 22.4 Å². The molecule has 0 radical (unpaired) electrons. The highest BCUT2D eigenvalue weighted by Crippen LogP contribution is 2.38. The lowest BCUT2D eigenvalue weighted by molar-refractivity contribution is -0.119. The number of hydrogen-bond donors (Lipinski definition) is 3. The number of methoxy groups -OCH3 is 1. The molecule has 0 spiro atoms. The monoisotopic (exact) mass is 632 g/mol. The summed E-state index contributed by atoms with van der Waals surface area (Å²) in [5, 5.41) is 27.5. The van der Waals surface area contributed by atoms with Gasteiger partial charge in [0.05, 0.1) is 5.69 Å². The average molecular weight is 633 g/mol. The van der Waals surface area contributed by atoms with Crippen LogP contribution >= 0.6 is 22.9 Å². The molecule has 3 N–H and O–H groups in total. The number of anilines is 2. The quantitative estimate of drug-likeness (QED) is 0.196. The molecular weight excluding hydrogens is 608 g/mol. The van der Waals surface area contributed by atoms with Crippen LogP contribution in [0.4, 0.5) is 16.3 Å². The number of nitrogens with zero attached hydrogens (tertiary/aromatic N) is 4. The highest BCUT2D eigenvalue weighted by molar-refractivity contribution is 7.11. The molecule has 1 fully saturated rings. The van der Waals surface area contributed by atoms with Gasteiger partial charge in [-0.1, -0.05) is 23.7 Å². The fourth-order valence-corrected chi connectivity index (χ4v) is 5.51. The summed E-state index contributed by atoms with van der Waals surface area (Å²) in [5.74, 6) is -0.638. The Morgan fingerprint density at radius 2 is 2.02 bits per heavy atom. The van der Waals surface area contributed by atoms with E-state index in [1.165, 1.54) is 13.3 Å². The smallest absolute Gasteiger partial charge is 0.407 e. The van der Waals surface area contributed by atoms with E-state index < -0.39 is 23.9 Å². The van der Waals surface area contributed by atoms with E-state index in [1.54, 1.807) is 53.9 Å². The summed E-state index contributed by atoms with van der Waals surface area (Å²) in [6.45, 7) is 0.223. The van der Waals surface area contributed by atoms with Crippen molar-refractivity contribution in [2.24, 2.45) is 0 Å². The zero-order valence-corrected chi connectivity index (χ0v) is 24.8. The molecule has 44 heavy (non-hydrogen) atoms. The maximum atomic E-state index is 13.0. The molecule has 1 atom stereocenters. The molecule has 1 aliphatic heterocycles. The number of aromatic nitrogens is 2. The van der Waals surface area contributed by atoms with Gasteiger partial charge in [0, 0.05) is 47.1 Å². The second-order valence-electron chi connectivity index (χ2n) is 9.58. The molecule has 2 aromatic carbocycles. The first-order valence-corrected chi connectivity index (χ1v) is 14.5. The number of hydrogen-bond acceptors (Lipinski definition) is 9.